The topological polar surface area (TPSA) is 68.1 Å². The number of allylic oxidation sites excluding steroid dienone is 1. The third-order valence-corrected chi connectivity index (χ3v) is 6.59. The molecule has 0 bridgehead atoms. The quantitative estimate of drug-likeness (QED) is 0.678. The Hall–Kier alpha value is -2.93. The molecule has 0 fully saturated rings. The first-order valence-corrected chi connectivity index (χ1v) is 10.7. The van der Waals surface area contributed by atoms with Crippen molar-refractivity contribution in [3.8, 4) is 0 Å². The van der Waals surface area contributed by atoms with Gasteiger partial charge in [-0.05, 0) is 43.5 Å². The molecule has 6 nitrogen and oxygen atoms in total. The van der Waals surface area contributed by atoms with Crippen LogP contribution in [0.25, 0.3) is 6.08 Å². The van der Waals surface area contributed by atoms with Gasteiger partial charge in [-0.15, -0.1) is 5.10 Å². The highest BCUT2D eigenvalue weighted by atomic mass is 32.2. The fourth-order valence-corrected chi connectivity index (χ4v) is 4.71. The van der Waals surface area contributed by atoms with Gasteiger partial charge in [0.2, 0.25) is 0 Å². The van der Waals surface area contributed by atoms with E-state index in [0.29, 0.717) is 24.6 Å². The summed E-state index contributed by atoms with van der Waals surface area (Å²) in [5.41, 5.74) is 2.81. The maximum atomic E-state index is 13.3. The molecule has 0 atom stereocenters. The van der Waals surface area contributed by atoms with Crippen LogP contribution in [0.5, 0.6) is 0 Å². The third kappa shape index (κ3) is 3.57. The standard InChI is InChI=1S/C21H22N4O2S/c1-17-11-13-19(14-12-17)28(26,27)25-15-7-3-6-10-20-21(25)22-23-24(20)16-18-8-4-2-5-9-18/h2,4-6,8-14H,3,7,15-16H2,1H3/b10-6-. The van der Waals surface area contributed by atoms with E-state index in [1.54, 1.807) is 16.8 Å². The molecule has 0 saturated heterocycles. The lowest BCUT2D eigenvalue weighted by atomic mass is 10.2. The maximum absolute atomic E-state index is 13.3. The van der Waals surface area contributed by atoms with Crippen LogP contribution in [0.2, 0.25) is 0 Å². The van der Waals surface area contributed by atoms with E-state index < -0.39 is 10.0 Å². The fraction of sp³-hybridized carbons (Fsp3) is 0.238. The van der Waals surface area contributed by atoms with Crippen LogP contribution in [0.4, 0.5) is 5.82 Å². The van der Waals surface area contributed by atoms with E-state index >= 15 is 0 Å². The Balaban J connectivity index is 1.76. The van der Waals surface area contributed by atoms with Gasteiger partial charge < -0.3 is 0 Å². The van der Waals surface area contributed by atoms with Gasteiger partial charge in [-0.2, -0.15) is 0 Å². The van der Waals surface area contributed by atoms with Crippen LogP contribution in [0.1, 0.15) is 29.7 Å². The van der Waals surface area contributed by atoms with Crippen molar-refractivity contribution in [1.82, 2.24) is 15.0 Å². The first-order chi connectivity index (χ1) is 13.6. The number of fused-ring (bicyclic) bond motifs is 1. The van der Waals surface area contributed by atoms with Crippen LogP contribution >= 0.6 is 0 Å². The van der Waals surface area contributed by atoms with Gasteiger partial charge in [0.25, 0.3) is 10.0 Å². The molecule has 3 aromatic rings. The Morgan fingerprint density at radius 1 is 1.04 bits per heavy atom. The van der Waals surface area contributed by atoms with E-state index in [-0.39, 0.29) is 4.90 Å². The summed E-state index contributed by atoms with van der Waals surface area (Å²) in [6, 6.07) is 16.9. The van der Waals surface area contributed by atoms with Crippen molar-refractivity contribution in [3.05, 3.63) is 77.5 Å². The monoisotopic (exact) mass is 394 g/mol. The molecular formula is C21H22N4O2S. The van der Waals surface area contributed by atoms with E-state index in [2.05, 4.69) is 16.4 Å². The second-order valence-electron chi connectivity index (χ2n) is 6.88. The van der Waals surface area contributed by atoms with Crippen LogP contribution in [-0.2, 0) is 16.6 Å². The lowest BCUT2D eigenvalue weighted by Gasteiger charge is -2.23. The molecule has 144 valence electrons. The molecule has 0 unspecified atom stereocenters. The molecule has 0 saturated carbocycles. The van der Waals surface area contributed by atoms with E-state index in [9.17, 15) is 8.42 Å². The molecular weight excluding hydrogens is 372 g/mol. The van der Waals surface area contributed by atoms with Gasteiger partial charge in [0, 0.05) is 6.54 Å². The highest BCUT2D eigenvalue weighted by Crippen LogP contribution is 2.28. The van der Waals surface area contributed by atoms with Crippen LogP contribution < -0.4 is 4.31 Å². The summed E-state index contributed by atoms with van der Waals surface area (Å²) in [5, 5.41) is 8.51. The SMILES string of the molecule is Cc1ccc(S(=O)(=O)N2CCC/C=C\c3c2nnn3Cc2ccccc2)cc1. The lowest BCUT2D eigenvalue weighted by molar-refractivity contribution is 0.588. The van der Waals surface area contributed by atoms with Gasteiger partial charge in [-0.3, -0.25) is 0 Å². The van der Waals surface area contributed by atoms with Crippen molar-refractivity contribution in [1.29, 1.82) is 0 Å². The summed E-state index contributed by atoms with van der Waals surface area (Å²) >= 11 is 0. The van der Waals surface area contributed by atoms with Gasteiger partial charge in [0.1, 0.15) is 5.69 Å². The average molecular weight is 395 g/mol. The number of benzene rings is 2. The Morgan fingerprint density at radius 3 is 2.54 bits per heavy atom. The summed E-state index contributed by atoms with van der Waals surface area (Å²) < 4.78 is 29.8. The number of hydrogen-bond acceptors (Lipinski definition) is 4. The number of nitrogens with zero attached hydrogens (tertiary/aromatic N) is 4. The van der Waals surface area contributed by atoms with Crippen molar-refractivity contribution in [2.75, 3.05) is 10.8 Å². The van der Waals surface area contributed by atoms with Crippen molar-refractivity contribution in [2.24, 2.45) is 0 Å². The molecule has 2 heterocycles. The van der Waals surface area contributed by atoms with Crippen molar-refractivity contribution in [2.45, 2.75) is 31.2 Å². The van der Waals surface area contributed by atoms with Crippen LogP contribution in [0.3, 0.4) is 0 Å². The number of anilines is 1. The number of aryl methyl sites for hydroxylation is 1. The second kappa shape index (κ2) is 7.59. The minimum Gasteiger partial charge on any atom is -0.246 e. The van der Waals surface area contributed by atoms with Gasteiger partial charge in [-0.25, -0.2) is 17.4 Å². The molecule has 0 spiro atoms. The predicted octanol–water partition coefficient (Wildman–Crippen LogP) is 3.64. The average Bonchev–Trinajstić information content (AvgIpc) is 3.04. The van der Waals surface area contributed by atoms with E-state index in [4.69, 9.17) is 0 Å². The van der Waals surface area contributed by atoms with E-state index in [1.807, 2.05) is 55.5 Å². The Morgan fingerprint density at radius 2 is 1.79 bits per heavy atom. The van der Waals surface area contributed by atoms with Crippen molar-refractivity contribution in [3.63, 3.8) is 0 Å². The summed E-state index contributed by atoms with van der Waals surface area (Å²) in [7, 11) is -3.71. The highest BCUT2D eigenvalue weighted by molar-refractivity contribution is 7.92. The van der Waals surface area contributed by atoms with Crippen LogP contribution in [-0.4, -0.2) is 30.0 Å². The molecule has 0 N–H and O–H groups in total. The Kier molecular flexibility index (Phi) is 5.00. The highest BCUT2D eigenvalue weighted by Gasteiger charge is 2.30. The minimum atomic E-state index is -3.71. The molecule has 1 aliphatic heterocycles. The van der Waals surface area contributed by atoms with Gasteiger partial charge >= 0.3 is 0 Å². The summed E-state index contributed by atoms with van der Waals surface area (Å²) in [6.07, 6.45) is 5.51. The zero-order valence-electron chi connectivity index (χ0n) is 15.7. The predicted molar refractivity (Wildman–Crippen MR) is 110 cm³/mol. The molecule has 0 radical (unpaired) electrons. The maximum Gasteiger partial charge on any atom is 0.265 e. The smallest absolute Gasteiger partial charge is 0.246 e. The lowest BCUT2D eigenvalue weighted by Crippen LogP contribution is -2.33. The molecule has 7 heteroatoms. The first kappa shape index (κ1) is 18.4. The molecule has 1 aliphatic rings. The second-order valence-corrected chi connectivity index (χ2v) is 8.74. The molecule has 0 aliphatic carbocycles. The zero-order valence-corrected chi connectivity index (χ0v) is 16.5. The molecule has 0 amide bonds. The van der Waals surface area contributed by atoms with Crippen LogP contribution in [0.15, 0.2) is 65.6 Å². The molecule has 4 rings (SSSR count). The summed E-state index contributed by atoms with van der Waals surface area (Å²) in [6.45, 7) is 2.84. The van der Waals surface area contributed by atoms with Crippen molar-refractivity contribution < 1.29 is 8.42 Å². The number of rotatable bonds is 4. The van der Waals surface area contributed by atoms with Gasteiger partial charge in [0.15, 0.2) is 5.82 Å². The fourth-order valence-electron chi connectivity index (χ4n) is 3.25. The Bertz CT molecular complexity index is 1090. The largest absolute Gasteiger partial charge is 0.265 e. The van der Waals surface area contributed by atoms with Gasteiger partial charge in [-0.1, -0.05) is 59.3 Å². The third-order valence-electron chi connectivity index (χ3n) is 4.78. The Labute approximate surface area is 165 Å². The van der Waals surface area contributed by atoms with E-state index in [1.165, 1.54) is 4.31 Å². The number of sulfonamides is 1. The molecule has 2 aromatic carbocycles. The summed E-state index contributed by atoms with van der Waals surface area (Å²) in [5.74, 6) is 0.382. The molecule has 1 aromatic heterocycles. The van der Waals surface area contributed by atoms with Crippen molar-refractivity contribution >= 4 is 21.9 Å². The van der Waals surface area contributed by atoms with E-state index in [0.717, 1.165) is 24.0 Å². The molecule has 28 heavy (non-hydrogen) atoms. The number of aromatic nitrogens is 3. The first-order valence-electron chi connectivity index (χ1n) is 9.29. The zero-order chi connectivity index (χ0) is 19.6. The normalized spacial score (nSPS) is 15.5. The van der Waals surface area contributed by atoms with Gasteiger partial charge in [0.05, 0.1) is 11.4 Å². The summed E-state index contributed by atoms with van der Waals surface area (Å²) in [4.78, 5) is 0.270. The number of hydrogen-bond donors (Lipinski definition) is 0. The van der Waals surface area contributed by atoms with Crippen LogP contribution in [0, 0.1) is 6.92 Å². The minimum absolute atomic E-state index is 0.270.